The van der Waals surface area contributed by atoms with Gasteiger partial charge in [-0.25, -0.2) is 9.78 Å². The van der Waals surface area contributed by atoms with Crippen molar-refractivity contribution in [3.05, 3.63) is 23.9 Å². The Morgan fingerprint density at radius 1 is 1.20 bits per heavy atom. The lowest BCUT2D eigenvalue weighted by atomic mass is 9.85. The molecule has 0 radical (unpaired) electrons. The minimum absolute atomic E-state index is 0.0608. The Balaban J connectivity index is 1.73. The number of hydrogen-bond acceptors (Lipinski definition) is 5. The van der Waals surface area contributed by atoms with Gasteiger partial charge in [-0.2, -0.15) is 0 Å². The number of amides is 1. The van der Waals surface area contributed by atoms with Crippen molar-refractivity contribution in [2.24, 2.45) is 5.92 Å². The standard InChI is InChI=1S/C19H26N2O4/c1-19(2,3)25-18(23)21-13-7-8-14(21)11-12(10-13)16(22)15-6-5-9-20-17(15)24-4/h5-6,9,12-14H,7-8,10-11H2,1-4H3. The highest BCUT2D eigenvalue weighted by Gasteiger charge is 2.46. The SMILES string of the molecule is COc1ncccc1C(=O)C1CC2CCC(C1)N2C(=O)OC(C)(C)C. The maximum absolute atomic E-state index is 12.9. The van der Waals surface area contributed by atoms with Crippen LogP contribution in [0.15, 0.2) is 18.3 Å². The van der Waals surface area contributed by atoms with Crippen LogP contribution in [0.2, 0.25) is 0 Å². The molecule has 0 saturated carbocycles. The van der Waals surface area contributed by atoms with Gasteiger partial charge in [0.2, 0.25) is 5.88 Å². The van der Waals surface area contributed by atoms with Crippen molar-refractivity contribution in [3.8, 4) is 5.88 Å². The van der Waals surface area contributed by atoms with Gasteiger partial charge in [-0.05, 0) is 58.6 Å². The quantitative estimate of drug-likeness (QED) is 0.784. The van der Waals surface area contributed by atoms with E-state index in [4.69, 9.17) is 9.47 Å². The van der Waals surface area contributed by atoms with Crippen LogP contribution in [-0.2, 0) is 4.74 Å². The number of rotatable bonds is 3. The Bertz CT molecular complexity index is 654. The first kappa shape index (κ1) is 17.7. The first-order valence-corrected chi connectivity index (χ1v) is 8.84. The van der Waals surface area contributed by atoms with Gasteiger partial charge in [-0.15, -0.1) is 0 Å². The lowest BCUT2D eigenvalue weighted by Gasteiger charge is -2.39. The number of Topliss-reactive ketones (excluding diaryl/α,β-unsaturated/α-hetero) is 1. The van der Waals surface area contributed by atoms with Crippen molar-refractivity contribution in [1.82, 2.24) is 9.88 Å². The molecule has 6 heteroatoms. The summed E-state index contributed by atoms with van der Waals surface area (Å²) in [6, 6.07) is 3.66. The van der Waals surface area contributed by atoms with Crippen LogP contribution in [0.4, 0.5) is 4.79 Å². The van der Waals surface area contributed by atoms with Crippen LogP contribution >= 0.6 is 0 Å². The number of aromatic nitrogens is 1. The summed E-state index contributed by atoms with van der Waals surface area (Å²) >= 11 is 0. The minimum Gasteiger partial charge on any atom is -0.480 e. The molecular weight excluding hydrogens is 320 g/mol. The molecule has 0 N–H and O–H groups in total. The number of carbonyl (C=O) groups excluding carboxylic acids is 2. The maximum atomic E-state index is 12.9. The summed E-state index contributed by atoms with van der Waals surface area (Å²) in [5.74, 6) is 0.328. The minimum atomic E-state index is -0.508. The lowest BCUT2D eigenvalue weighted by Crippen LogP contribution is -2.49. The summed E-state index contributed by atoms with van der Waals surface area (Å²) < 4.78 is 10.8. The van der Waals surface area contributed by atoms with Crippen LogP contribution in [0.3, 0.4) is 0 Å². The highest BCUT2D eigenvalue weighted by molar-refractivity contribution is 6.00. The highest BCUT2D eigenvalue weighted by Crippen LogP contribution is 2.41. The van der Waals surface area contributed by atoms with E-state index in [0.29, 0.717) is 24.3 Å². The number of fused-ring (bicyclic) bond motifs is 2. The average Bonchev–Trinajstić information content (AvgIpc) is 2.83. The molecule has 3 rings (SSSR count). The summed E-state index contributed by atoms with van der Waals surface area (Å²) in [7, 11) is 1.52. The summed E-state index contributed by atoms with van der Waals surface area (Å²) in [5.41, 5.74) is 0.0202. The molecule has 2 unspecified atom stereocenters. The molecule has 0 aliphatic carbocycles. The molecule has 2 saturated heterocycles. The predicted molar refractivity (Wildman–Crippen MR) is 92.7 cm³/mol. The molecule has 2 fully saturated rings. The fourth-order valence-corrected chi connectivity index (χ4v) is 3.96. The number of pyridine rings is 1. The molecule has 3 heterocycles. The van der Waals surface area contributed by atoms with Gasteiger partial charge >= 0.3 is 6.09 Å². The molecular formula is C19H26N2O4. The lowest BCUT2D eigenvalue weighted by molar-refractivity contribution is 0.00251. The number of methoxy groups -OCH3 is 1. The molecule has 2 bridgehead atoms. The van der Waals surface area contributed by atoms with E-state index >= 15 is 0 Å². The van der Waals surface area contributed by atoms with Crippen LogP contribution in [0, 0.1) is 5.92 Å². The number of ketones is 1. The summed E-state index contributed by atoms with van der Waals surface area (Å²) in [6.07, 6.45) is 4.56. The van der Waals surface area contributed by atoms with Gasteiger partial charge in [-0.3, -0.25) is 4.79 Å². The normalized spacial score (nSPS) is 25.6. The van der Waals surface area contributed by atoms with Crippen LogP contribution in [0.25, 0.3) is 0 Å². The van der Waals surface area contributed by atoms with Gasteiger partial charge in [0.25, 0.3) is 0 Å². The fourth-order valence-electron chi connectivity index (χ4n) is 3.96. The fraction of sp³-hybridized carbons (Fsp3) is 0.632. The number of ether oxygens (including phenoxy) is 2. The number of piperidine rings is 1. The Labute approximate surface area is 148 Å². The molecule has 1 aromatic heterocycles. The third-order valence-electron chi connectivity index (χ3n) is 4.94. The van der Waals surface area contributed by atoms with Crippen molar-refractivity contribution in [1.29, 1.82) is 0 Å². The van der Waals surface area contributed by atoms with Crippen LogP contribution in [-0.4, -0.2) is 46.6 Å². The molecule has 25 heavy (non-hydrogen) atoms. The van der Waals surface area contributed by atoms with E-state index in [1.165, 1.54) is 7.11 Å². The molecule has 136 valence electrons. The molecule has 2 aliphatic heterocycles. The zero-order valence-corrected chi connectivity index (χ0v) is 15.3. The summed E-state index contributed by atoms with van der Waals surface area (Å²) in [4.78, 5) is 31.4. The monoisotopic (exact) mass is 346 g/mol. The zero-order valence-electron chi connectivity index (χ0n) is 15.3. The second-order valence-electron chi connectivity index (χ2n) is 7.87. The van der Waals surface area contributed by atoms with Crippen LogP contribution in [0.5, 0.6) is 5.88 Å². The Morgan fingerprint density at radius 2 is 1.84 bits per heavy atom. The van der Waals surface area contributed by atoms with Gasteiger partial charge in [0.1, 0.15) is 5.60 Å². The second kappa shape index (κ2) is 6.65. The molecule has 1 aromatic rings. The zero-order chi connectivity index (χ0) is 18.2. The van der Waals surface area contributed by atoms with Gasteiger partial charge in [-0.1, -0.05) is 0 Å². The van der Waals surface area contributed by atoms with E-state index in [-0.39, 0.29) is 29.9 Å². The van der Waals surface area contributed by atoms with Crippen molar-refractivity contribution < 1.29 is 19.1 Å². The highest BCUT2D eigenvalue weighted by atomic mass is 16.6. The van der Waals surface area contributed by atoms with Crippen molar-refractivity contribution in [2.45, 2.75) is 64.1 Å². The Hall–Kier alpha value is -2.11. The van der Waals surface area contributed by atoms with Gasteiger partial charge in [0.05, 0.1) is 12.7 Å². The number of hydrogen-bond donors (Lipinski definition) is 0. The van der Waals surface area contributed by atoms with Gasteiger partial charge in [0.15, 0.2) is 5.78 Å². The van der Waals surface area contributed by atoms with Crippen molar-refractivity contribution >= 4 is 11.9 Å². The molecule has 1 amide bonds. The van der Waals surface area contributed by atoms with Crippen LogP contribution < -0.4 is 4.74 Å². The Morgan fingerprint density at radius 3 is 2.40 bits per heavy atom. The molecule has 2 atom stereocenters. The van der Waals surface area contributed by atoms with E-state index in [2.05, 4.69) is 4.98 Å². The van der Waals surface area contributed by atoms with Crippen LogP contribution in [0.1, 0.15) is 56.8 Å². The van der Waals surface area contributed by atoms with E-state index < -0.39 is 5.60 Å². The van der Waals surface area contributed by atoms with E-state index in [0.717, 1.165) is 12.8 Å². The molecule has 2 aliphatic rings. The van der Waals surface area contributed by atoms with Gasteiger partial charge < -0.3 is 14.4 Å². The van der Waals surface area contributed by atoms with Crippen molar-refractivity contribution in [2.75, 3.05) is 7.11 Å². The predicted octanol–water partition coefficient (Wildman–Crippen LogP) is 3.45. The second-order valence-corrected chi connectivity index (χ2v) is 7.87. The van der Waals surface area contributed by atoms with E-state index in [1.54, 1.807) is 18.3 Å². The van der Waals surface area contributed by atoms with E-state index in [1.807, 2.05) is 25.7 Å². The average molecular weight is 346 g/mol. The van der Waals surface area contributed by atoms with Gasteiger partial charge in [0, 0.05) is 24.2 Å². The molecule has 6 nitrogen and oxygen atoms in total. The molecule has 0 spiro atoms. The topological polar surface area (TPSA) is 68.7 Å². The number of carbonyl (C=O) groups is 2. The Kier molecular flexibility index (Phi) is 4.71. The number of nitrogens with zero attached hydrogens (tertiary/aromatic N) is 2. The summed E-state index contributed by atoms with van der Waals surface area (Å²) in [6.45, 7) is 5.62. The van der Waals surface area contributed by atoms with Crippen molar-refractivity contribution in [3.63, 3.8) is 0 Å². The maximum Gasteiger partial charge on any atom is 0.410 e. The molecule has 0 aromatic carbocycles. The third kappa shape index (κ3) is 3.62. The largest absolute Gasteiger partial charge is 0.480 e. The smallest absolute Gasteiger partial charge is 0.410 e. The summed E-state index contributed by atoms with van der Waals surface area (Å²) in [5, 5.41) is 0. The first-order chi connectivity index (χ1) is 11.8. The van der Waals surface area contributed by atoms with E-state index in [9.17, 15) is 9.59 Å². The third-order valence-corrected chi connectivity index (χ3v) is 4.94. The first-order valence-electron chi connectivity index (χ1n) is 8.84.